The second kappa shape index (κ2) is 11.0. The van der Waals surface area contributed by atoms with Crippen LogP contribution in [0.5, 0.6) is 5.75 Å². The fourth-order valence-corrected chi connectivity index (χ4v) is 4.86. The lowest BCUT2D eigenvalue weighted by atomic mass is 9.95. The van der Waals surface area contributed by atoms with Crippen molar-refractivity contribution in [2.75, 3.05) is 46.4 Å². The van der Waals surface area contributed by atoms with Crippen LogP contribution in [0.4, 0.5) is 0 Å². The molecule has 0 aliphatic carbocycles. The maximum absolute atomic E-state index is 13.3. The molecule has 176 valence electrons. The number of carbonyl (C=O) groups is 2. The van der Waals surface area contributed by atoms with E-state index in [4.69, 9.17) is 16.3 Å². The lowest BCUT2D eigenvalue weighted by Crippen LogP contribution is -2.47. The van der Waals surface area contributed by atoms with Crippen molar-refractivity contribution in [3.8, 4) is 5.75 Å². The number of piperidine rings is 1. The number of nitrogens with zero attached hydrogens (tertiary/aromatic N) is 3. The van der Waals surface area contributed by atoms with Gasteiger partial charge < -0.3 is 14.5 Å². The van der Waals surface area contributed by atoms with E-state index in [1.165, 1.54) is 5.56 Å². The third-order valence-corrected chi connectivity index (χ3v) is 6.87. The molecule has 2 aliphatic rings. The zero-order chi connectivity index (χ0) is 23.2. The van der Waals surface area contributed by atoms with Crippen LogP contribution in [0.15, 0.2) is 48.5 Å². The molecule has 2 heterocycles. The highest BCUT2D eigenvalue weighted by molar-refractivity contribution is 6.30. The predicted molar refractivity (Wildman–Crippen MR) is 130 cm³/mol. The quantitative estimate of drug-likeness (QED) is 0.665. The van der Waals surface area contributed by atoms with Crippen LogP contribution < -0.4 is 4.74 Å². The van der Waals surface area contributed by atoms with Gasteiger partial charge >= 0.3 is 0 Å². The maximum atomic E-state index is 13.3. The van der Waals surface area contributed by atoms with E-state index in [2.05, 4.69) is 17.0 Å². The molecule has 2 aliphatic heterocycles. The third kappa shape index (κ3) is 6.06. The number of benzene rings is 2. The number of rotatable bonds is 5. The number of carbonyl (C=O) groups excluding carboxylic acids is 2. The molecule has 0 saturated carbocycles. The highest BCUT2D eigenvalue weighted by Gasteiger charge is 2.32. The van der Waals surface area contributed by atoms with Crippen LogP contribution in [0.25, 0.3) is 0 Å². The van der Waals surface area contributed by atoms with Gasteiger partial charge in [-0.15, -0.1) is 0 Å². The van der Waals surface area contributed by atoms with Gasteiger partial charge in [0, 0.05) is 56.4 Å². The minimum absolute atomic E-state index is 0.0225. The van der Waals surface area contributed by atoms with Gasteiger partial charge in [-0.1, -0.05) is 23.7 Å². The van der Waals surface area contributed by atoms with E-state index in [0.717, 1.165) is 57.7 Å². The summed E-state index contributed by atoms with van der Waals surface area (Å²) >= 11 is 5.95. The first-order valence-electron chi connectivity index (χ1n) is 11.7. The van der Waals surface area contributed by atoms with Crippen molar-refractivity contribution in [2.45, 2.75) is 25.8 Å². The average Bonchev–Trinajstić information content (AvgIpc) is 3.10. The Bertz CT molecular complexity index is 948. The topological polar surface area (TPSA) is 53.1 Å². The van der Waals surface area contributed by atoms with Gasteiger partial charge in [-0.2, -0.15) is 0 Å². The Morgan fingerprint density at radius 3 is 2.36 bits per heavy atom. The summed E-state index contributed by atoms with van der Waals surface area (Å²) in [4.78, 5) is 32.5. The number of halogens is 1. The van der Waals surface area contributed by atoms with E-state index in [1.807, 2.05) is 21.9 Å². The summed E-state index contributed by atoms with van der Waals surface area (Å²) in [6, 6.07) is 15.1. The summed E-state index contributed by atoms with van der Waals surface area (Å²) in [5, 5.41) is 0.612. The number of likely N-dealkylation sites (tertiary alicyclic amines) is 1. The molecule has 2 saturated heterocycles. The lowest BCUT2D eigenvalue weighted by Gasteiger charge is -2.35. The summed E-state index contributed by atoms with van der Waals surface area (Å²) in [5.41, 5.74) is 1.87. The van der Waals surface area contributed by atoms with Gasteiger partial charge in [0.1, 0.15) is 5.75 Å². The fourth-order valence-electron chi connectivity index (χ4n) is 4.73. The average molecular weight is 470 g/mol. The van der Waals surface area contributed by atoms with Crippen LogP contribution in [0.2, 0.25) is 5.02 Å². The van der Waals surface area contributed by atoms with Crippen molar-refractivity contribution >= 4 is 23.4 Å². The summed E-state index contributed by atoms with van der Waals surface area (Å²) < 4.78 is 5.24. The van der Waals surface area contributed by atoms with Crippen LogP contribution in [-0.2, 0) is 11.3 Å². The molecule has 1 atom stereocenters. The molecule has 2 fully saturated rings. The smallest absolute Gasteiger partial charge is 0.253 e. The number of hydrogen-bond acceptors (Lipinski definition) is 4. The van der Waals surface area contributed by atoms with Gasteiger partial charge in [0.25, 0.3) is 5.91 Å². The van der Waals surface area contributed by atoms with Crippen LogP contribution in [-0.4, -0.2) is 72.9 Å². The van der Waals surface area contributed by atoms with E-state index in [0.29, 0.717) is 23.7 Å². The third-order valence-electron chi connectivity index (χ3n) is 6.61. The van der Waals surface area contributed by atoms with Gasteiger partial charge in [0.15, 0.2) is 0 Å². The van der Waals surface area contributed by atoms with Gasteiger partial charge in [-0.25, -0.2) is 0 Å². The normalized spacial score (nSPS) is 19.8. The Labute approximate surface area is 201 Å². The minimum atomic E-state index is -0.122. The highest BCUT2D eigenvalue weighted by atomic mass is 35.5. The summed E-state index contributed by atoms with van der Waals surface area (Å²) in [6.07, 6.45) is 2.66. The zero-order valence-corrected chi connectivity index (χ0v) is 20.0. The van der Waals surface area contributed by atoms with Crippen molar-refractivity contribution in [3.63, 3.8) is 0 Å². The van der Waals surface area contributed by atoms with E-state index < -0.39 is 0 Å². The van der Waals surface area contributed by atoms with E-state index in [9.17, 15) is 9.59 Å². The first-order valence-corrected chi connectivity index (χ1v) is 12.1. The Balaban J connectivity index is 1.31. The first kappa shape index (κ1) is 23.6. The van der Waals surface area contributed by atoms with Crippen LogP contribution >= 0.6 is 11.6 Å². The Morgan fingerprint density at radius 2 is 1.64 bits per heavy atom. The standard InChI is InChI=1S/C26H32ClN3O3/c1-33-24-11-5-20(6-12-24)18-28-13-3-15-29(17-16-28)26(32)22-4-2-14-30(19-22)25(31)21-7-9-23(27)10-8-21/h5-12,22H,2-4,13-19H2,1H3/t22-/m1/s1. The maximum Gasteiger partial charge on any atom is 0.253 e. The van der Waals surface area contributed by atoms with E-state index in [1.54, 1.807) is 31.4 Å². The molecule has 4 rings (SSSR count). The predicted octanol–water partition coefficient (Wildman–Crippen LogP) is 3.94. The van der Waals surface area contributed by atoms with E-state index >= 15 is 0 Å². The molecule has 0 unspecified atom stereocenters. The molecule has 6 nitrogen and oxygen atoms in total. The second-order valence-corrected chi connectivity index (χ2v) is 9.34. The van der Waals surface area contributed by atoms with Crippen molar-refractivity contribution in [1.29, 1.82) is 0 Å². The number of hydrogen-bond donors (Lipinski definition) is 0. The molecule has 2 aromatic rings. The molecule has 2 aromatic carbocycles. The molecule has 33 heavy (non-hydrogen) atoms. The Hall–Kier alpha value is -2.57. The number of ether oxygens (including phenoxy) is 1. The fraction of sp³-hybridized carbons (Fsp3) is 0.462. The molecule has 0 spiro atoms. The van der Waals surface area contributed by atoms with Gasteiger partial charge in [-0.05, 0) is 61.2 Å². The van der Waals surface area contributed by atoms with Gasteiger partial charge in [-0.3, -0.25) is 14.5 Å². The summed E-state index contributed by atoms with van der Waals surface area (Å²) in [5.74, 6) is 0.909. The van der Waals surface area contributed by atoms with E-state index in [-0.39, 0.29) is 17.7 Å². The molecule has 2 amide bonds. The number of methoxy groups -OCH3 is 1. The van der Waals surface area contributed by atoms with Crippen molar-refractivity contribution < 1.29 is 14.3 Å². The monoisotopic (exact) mass is 469 g/mol. The molecule has 0 radical (unpaired) electrons. The molecule has 0 N–H and O–H groups in total. The molecule has 0 aromatic heterocycles. The molecule has 0 bridgehead atoms. The molecular formula is C26H32ClN3O3. The lowest BCUT2D eigenvalue weighted by molar-refractivity contribution is -0.136. The van der Waals surface area contributed by atoms with Gasteiger partial charge in [0.05, 0.1) is 13.0 Å². The largest absolute Gasteiger partial charge is 0.497 e. The van der Waals surface area contributed by atoms with Crippen molar-refractivity contribution in [3.05, 3.63) is 64.7 Å². The van der Waals surface area contributed by atoms with Crippen LogP contribution in [0.1, 0.15) is 35.2 Å². The van der Waals surface area contributed by atoms with Crippen LogP contribution in [0.3, 0.4) is 0 Å². The molecule has 7 heteroatoms. The van der Waals surface area contributed by atoms with Crippen LogP contribution in [0, 0.1) is 5.92 Å². The van der Waals surface area contributed by atoms with Gasteiger partial charge in [0.2, 0.25) is 5.91 Å². The van der Waals surface area contributed by atoms with Crippen molar-refractivity contribution in [2.24, 2.45) is 5.92 Å². The summed E-state index contributed by atoms with van der Waals surface area (Å²) in [6.45, 7) is 5.40. The zero-order valence-electron chi connectivity index (χ0n) is 19.2. The highest BCUT2D eigenvalue weighted by Crippen LogP contribution is 2.22. The second-order valence-electron chi connectivity index (χ2n) is 8.90. The SMILES string of the molecule is COc1ccc(CN2CCCN(C(=O)[C@@H]3CCCN(C(=O)c4ccc(Cl)cc4)C3)CC2)cc1. The van der Waals surface area contributed by atoms with Crippen molar-refractivity contribution in [1.82, 2.24) is 14.7 Å². The number of amides is 2. The summed E-state index contributed by atoms with van der Waals surface area (Å²) in [7, 11) is 1.68. The first-order chi connectivity index (χ1) is 16.0. The Kier molecular flexibility index (Phi) is 7.89. The molecular weight excluding hydrogens is 438 g/mol. The minimum Gasteiger partial charge on any atom is -0.497 e. The Morgan fingerprint density at radius 1 is 0.909 bits per heavy atom.